The Hall–Kier alpha value is -0.190. The van der Waals surface area contributed by atoms with Gasteiger partial charge in [0.15, 0.2) is 0 Å². The van der Waals surface area contributed by atoms with Gasteiger partial charge in [0.25, 0.3) is 0 Å². The molecule has 0 bridgehead atoms. The van der Waals surface area contributed by atoms with E-state index in [0.29, 0.717) is 11.0 Å². The van der Waals surface area contributed by atoms with Gasteiger partial charge in [-0.3, -0.25) is 4.90 Å². The van der Waals surface area contributed by atoms with Crippen molar-refractivity contribution in [2.75, 3.05) is 26.7 Å². The monoisotopic (exact) mass is 201 g/mol. The van der Waals surface area contributed by atoms with Crippen LogP contribution in [0.2, 0.25) is 0 Å². The van der Waals surface area contributed by atoms with Crippen LogP contribution in [0.3, 0.4) is 0 Å². The number of rotatable bonds is 2. The van der Waals surface area contributed by atoms with Crippen LogP contribution < -0.4 is 5.73 Å². The van der Waals surface area contributed by atoms with Crippen molar-refractivity contribution in [2.45, 2.75) is 25.9 Å². The highest BCUT2D eigenvalue weighted by molar-refractivity contribution is 7.80. The molecule has 2 atom stereocenters. The number of piperazine rings is 1. The minimum Gasteiger partial charge on any atom is -0.392 e. The molecular formula is C9H19N3S. The molecule has 76 valence electrons. The lowest BCUT2D eigenvalue weighted by atomic mass is 10.1. The number of nitrogens with two attached hydrogens (primary N) is 1. The maximum Gasteiger partial charge on any atom is 0.0899 e. The molecule has 0 spiro atoms. The van der Waals surface area contributed by atoms with Gasteiger partial charge >= 0.3 is 0 Å². The second kappa shape index (κ2) is 4.35. The lowest BCUT2D eigenvalue weighted by molar-refractivity contribution is 0.0893. The van der Waals surface area contributed by atoms with Crippen LogP contribution in [0.4, 0.5) is 0 Å². The third kappa shape index (κ3) is 2.62. The number of hydrogen-bond acceptors (Lipinski definition) is 3. The van der Waals surface area contributed by atoms with Gasteiger partial charge in [0.05, 0.1) is 11.0 Å². The number of hydrogen-bond donors (Lipinski definition) is 1. The Bertz CT molecular complexity index is 195. The molecular weight excluding hydrogens is 182 g/mol. The highest BCUT2D eigenvalue weighted by Crippen LogP contribution is 2.11. The normalized spacial score (nSPS) is 28.7. The standard InChI is InChI=1S/C9H19N3S/c1-7-6-11(3)4-5-12(7)8(2)9(10)13/h7-8H,4-6H2,1-3H3,(H2,10,13). The van der Waals surface area contributed by atoms with E-state index in [9.17, 15) is 0 Å². The fraction of sp³-hybridized carbons (Fsp3) is 0.889. The summed E-state index contributed by atoms with van der Waals surface area (Å²) in [6.07, 6.45) is 0. The molecule has 0 radical (unpaired) electrons. The SMILES string of the molecule is CC1CN(C)CCN1C(C)C(N)=S. The first kappa shape index (κ1) is 10.9. The largest absolute Gasteiger partial charge is 0.392 e. The van der Waals surface area contributed by atoms with E-state index in [-0.39, 0.29) is 6.04 Å². The summed E-state index contributed by atoms with van der Waals surface area (Å²) in [6, 6.07) is 0.786. The molecule has 0 aromatic rings. The molecule has 4 heteroatoms. The molecule has 0 saturated carbocycles. The molecule has 0 aromatic heterocycles. The molecule has 13 heavy (non-hydrogen) atoms. The van der Waals surface area contributed by atoms with Gasteiger partial charge in [-0.15, -0.1) is 0 Å². The lowest BCUT2D eigenvalue weighted by Crippen LogP contribution is -2.56. The predicted molar refractivity (Wildman–Crippen MR) is 59.9 cm³/mol. The Morgan fingerprint density at radius 1 is 1.54 bits per heavy atom. The van der Waals surface area contributed by atoms with Gasteiger partial charge in [0.1, 0.15) is 0 Å². The highest BCUT2D eigenvalue weighted by Gasteiger charge is 2.26. The van der Waals surface area contributed by atoms with Gasteiger partial charge < -0.3 is 10.6 Å². The Balaban J connectivity index is 2.55. The van der Waals surface area contributed by atoms with Crippen LogP contribution in [0.5, 0.6) is 0 Å². The summed E-state index contributed by atoms with van der Waals surface area (Å²) in [7, 11) is 2.15. The number of likely N-dealkylation sites (N-methyl/N-ethyl adjacent to an activating group) is 1. The molecule has 0 aromatic carbocycles. The summed E-state index contributed by atoms with van der Waals surface area (Å²) in [5, 5.41) is 0. The first-order valence-electron chi connectivity index (χ1n) is 4.76. The molecule has 2 N–H and O–H groups in total. The van der Waals surface area contributed by atoms with Gasteiger partial charge in [-0.25, -0.2) is 0 Å². The van der Waals surface area contributed by atoms with Crippen molar-refractivity contribution in [1.82, 2.24) is 9.80 Å². The number of nitrogens with zero attached hydrogens (tertiary/aromatic N) is 2. The van der Waals surface area contributed by atoms with Crippen LogP contribution in [0.1, 0.15) is 13.8 Å². The van der Waals surface area contributed by atoms with Crippen molar-refractivity contribution in [2.24, 2.45) is 5.73 Å². The number of thiocarbonyl (C=S) groups is 1. The second-order valence-electron chi connectivity index (χ2n) is 3.93. The fourth-order valence-electron chi connectivity index (χ4n) is 1.89. The van der Waals surface area contributed by atoms with Crippen LogP contribution in [-0.2, 0) is 0 Å². The van der Waals surface area contributed by atoms with E-state index < -0.39 is 0 Å². The van der Waals surface area contributed by atoms with E-state index >= 15 is 0 Å². The summed E-state index contributed by atoms with van der Waals surface area (Å²) >= 11 is 5.00. The third-order valence-corrected chi connectivity index (χ3v) is 3.13. The Labute approximate surface area is 85.9 Å². The molecule has 1 fully saturated rings. The molecule has 2 unspecified atom stereocenters. The topological polar surface area (TPSA) is 32.5 Å². The molecule has 0 aliphatic carbocycles. The van der Waals surface area contributed by atoms with Crippen molar-refractivity contribution in [1.29, 1.82) is 0 Å². The van der Waals surface area contributed by atoms with E-state index in [0.717, 1.165) is 19.6 Å². The summed E-state index contributed by atoms with van der Waals surface area (Å²) in [6.45, 7) is 7.59. The van der Waals surface area contributed by atoms with Crippen LogP contribution >= 0.6 is 12.2 Å². The van der Waals surface area contributed by atoms with E-state index in [4.69, 9.17) is 18.0 Å². The van der Waals surface area contributed by atoms with Crippen LogP contribution in [-0.4, -0.2) is 53.6 Å². The second-order valence-corrected chi connectivity index (χ2v) is 4.40. The zero-order valence-electron chi connectivity index (χ0n) is 8.66. The van der Waals surface area contributed by atoms with E-state index in [1.54, 1.807) is 0 Å². The Kier molecular flexibility index (Phi) is 3.64. The van der Waals surface area contributed by atoms with Gasteiger partial charge in [0, 0.05) is 25.7 Å². The smallest absolute Gasteiger partial charge is 0.0899 e. The third-order valence-electron chi connectivity index (χ3n) is 2.79. The summed E-state index contributed by atoms with van der Waals surface area (Å²) in [5.74, 6) is 0. The molecule has 1 heterocycles. The van der Waals surface area contributed by atoms with Crippen molar-refractivity contribution in [3.05, 3.63) is 0 Å². The van der Waals surface area contributed by atoms with Gasteiger partial charge in [-0.1, -0.05) is 12.2 Å². The summed E-state index contributed by atoms with van der Waals surface area (Å²) in [4.78, 5) is 5.33. The van der Waals surface area contributed by atoms with Crippen LogP contribution in [0, 0.1) is 0 Å². The van der Waals surface area contributed by atoms with E-state index in [1.165, 1.54) is 0 Å². The Morgan fingerprint density at radius 2 is 2.15 bits per heavy atom. The average Bonchev–Trinajstić information content (AvgIpc) is 2.03. The quantitative estimate of drug-likeness (QED) is 0.651. The maximum atomic E-state index is 5.64. The molecule has 1 aliphatic heterocycles. The van der Waals surface area contributed by atoms with Crippen molar-refractivity contribution in [3.8, 4) is 0 Å². The van der Waals surface area contributed by atoms with E-state index in [1.807, 2.05) is 0 Å². The molecule has 1 aliphatic rings. The minimum atomic E-state index is 0.235. The molecule has 0 amide bonds. The van der Waals surface area contributed by atoms with Crippen LogP contribution in [0.25, 0.3) is 0 Å². The van der Waals surface area contributed by atoms with Crippen molar-refractivity contribution in [3.63, 3.8) is 0 Å². The zero-order chi connectivity index (χ0) is 10.0. The summed E-state index contributed by atoms with van der Waals surface area (Å²) < 4.78 is 0. The van der Waals surface area contributed by atoms with Gasteiger partial charge in [-0.05, 0) is 20.9 Å². The summed E-state index contributed by atoms with van der Waals surface area (Å²) in [5.41, 5.74) is 5.64. The van der Waals surface area contributed by atoms with Gasteiger partial charge in [0.2, 0.25) is 0 Å². The van der Waals surface area contributed by atoms with Crippen molar-refractivity contribution >= 4 is 17.2 Å². The Morgan fingerprint density at radius 3 is 2.62 bits per heavy atom. The molecule has 1 rings (SSSR count). The fourth-order valence-corrected chi connectivity index (χ4v) is 2.03. The lowest BCUT2D eigenvalue weighted by Gasteiger charge is -2.41. The van der Waals surface area contributed by atoms with Gasteiger partial charge in [-0.2, -0.15) is 0 Å². The molecule has 1 saturated heterocycles. The predicted octanol–water partition coefficient (Wildman–Crippen LogP) is 0.297. The van der Waals surface area contributed by atoms with Crippen molar-refractivity contribution < 1.29 is 0 Å². The zero-order valence-corrected chi connectivity index (χ0v) is 9.47. The highest BCUT2D eigenvalue weighted by atomic mass is 32.1. The minimum absolute atomic E-state index is 0.235. The van der Waals surface area contributed by atoms with Crippen LogP contribution in [0.15, 0.2) is 0 Å². The average molecular weight is 201 g/mol. The maximum absolute atomic E-state index is 5.64. The first-order chi connectivity index (χ1) is 6.02. The molecule has 3 nitrogen and oxygen atoms in total. The first-order valence-corrected chi connectivity index (χ1v) is 5.16. The van der Waals surface area contributed by atoms with E-state index in [2.05, 4.69) is 30.7 Å².